The third-order valence-electron chi connectivity index (χ3n) is 3.49. The standard InChI is InChI=1S/C16H20F2N6O/c1-5-24-10-12-8-20-9-14(22-15(12)23(24)4)21-13(19-3)7-6-11(2)25-16(17)18/h9,11,16H,5,10H2,1-4H3,(H,19,21)/t11-/m1/s1. The van der Waals surface area contributed by atoms with Crippen LogP contribution in [-0.4, -0.2) is 67.5 Å². The number of likely N-dealkylation sites (N-methyl/N-ethyl adjacent to an activating group) is 2. The van der Waals surface area contributed by atoms with Gasteiger partial charge in [-0.2, -0.15) is 8.78 Å². The summed E-state index contributed by atoms with van der Waals surface area (Å²) in [7, 11) is 3.45. The highest BCUT2D eigenvalue weighted by Gasteiger charge is 2.28. The predicted molar refractivity (Wildman–Crippen MR) is 92.3 cm³/mol. The van der Waals surface area contributed by atoms with Crippen LogP contribution >= 0.6 is 0 Å². The molecule has 2 heterocycles. The molecule has 0 aromatic heterocycles. The molecule has 0 bridgehead atoms. The van der Waals surface area contributed by atoms with E-state index in [1.807, 2.05) is 12.1 Å². The molecule has 0 spiro atoms. The molecule has 9 heteroatoms. The average molecular weight is 350 g/mol. The fourth-order valence-corrected chi connectivity index (χ4v) is 2.23. The lowest BCUT2D eigenvalue weighted by atomic mass is 10.3. The van der Waals surface area contributed by atoms with Crippen LogP contribution in [-0.2, 0) is 4.74 Å². The number of nitrogens with zero attached hydrogens (tertiary/aromatic N) is 5. The molecule has 2 rings (SSSR count). The summed E-state index contributed by atoms with van der Waals surface area (Å²) in [5.74, 6) is 9.61. The smallest absolute Gasteiger partial charge is 0.317 e. The van der Waals surface area contributed by atoms with Gasteiger partial charge in [-0.3, -0.25) is 10.0 Å². The lowest BCUT2D eigenvalue weighted by Crippen LogP contribution is -2.35. The van der Waals surface area contributed by atoms with Crippen molar-refractivity contribution in [2.75, 3.05) is 27.2 Å². The van der Waals surface area contributed by atoms with E-state index in [4.69, 9.17) is 0 Å². The van der Waals surface area contributed by atoms with E-state index in [2.05, 4.69) is 54.7 Å². The summed E-state index contributed by atoms with van der Waals surface area (Å²) in [6.07, 6.45) is 0.590. The Balaban J connectivity index is 2.11. The van der Waals surface area contributed by atoms with Crippen LogP contribution in [0.4, 0.5) is 8.78 Å². The van der Waals surface area contributed by atoms with E-state index in [1.165, 1.54) is 20.2 Å². The second-order valence-electron chi connectivity index (χ2n) is 5.18. The summed E-state index contributed by atoms with van der Waals surface area (Å²) in [6.45, 7) is 2.14. The van der Waals surface area contributed by atoms with Crippen molar-refractivity contribution in [1.82, 2.24) is 15.3 Å². The van der Waals surface area contributed by atoms with Crippen LogP contribution in [0, 0.1) is 11.8 Å². The van der Waals surface area contributed by atoms with Gasteiger partial charge in [-0.15, -0.1) is 0 Å². The van der Waals surface area contributed by atoms with Crippen LogP contribution in [0.5, 0.6) is 0 Å². The van der Waals surface area contributed by atoms with Gasteiger partial charge in [0.15, 0.2) is 17.5 Å². The van der Waals surface area contributed by atoms with E-state index < -0.39 is 12.7 Å². The average Bonchev–Trinajstić information content (AvgIpc) is 2.74. The van der Waals surface area contributed by atoms with Gasteiger partial charge in [0.2, 0.25) is 0 Å². The van der Waals surface area contributed by atoms with Gasteiger partial charge < -0.3 is 10.1 Å². The summed E-state index contributed by atoms with van der Waals surface area (Å²) in [6, 6.07) is 0. The van der Waals surface area contributed by atoms with Gasteiger partial charge in [-0.25, -0.2) is 15.0 Å². The number of aliphatic imine (C=N–C) groups is 3. The number of hydrogen-bond acceptors (Lipinski definition) is 6. The zero-order valence-corrected chi connectivity index (χ0v) is 14.5. The summed E-state index contributed by atoms with van der Waals surface area (Å²) in [5.41, 5.74) is 0.887. The number of rotatable bonds is 4. The minimum Gasteiger partial charge on any atom is -0.317 e. The van der Waals surface area contributed by atoms with E-state index in [9.17, 15) is 8.78 Å². The molecule has 0 aromatic rings. The molecule has 2 aliphatic heterocycles. The predicted octanol–water partition coefficient (Wildman–Crippen LogP) is 1.22. The fraction of sp³-hybridized carbons (Fsp3) is 0.500. The van der Waals surface area contributed by atoms with E-state index in [0.717, 1.165) is 18.0 Å². The molecule has 1 atom stereocenters. The van der Waals surface area contributed by atoms with Gasteiger partial charge in [-0.1, -0.05) is 12.8 Å². The molecule has 1 N–H and O–H groups in total. The number of hydrogen-bond donors (Lipinski definition) is 1. The lowest BCUT2D eigenvalue weighted by Gasteiger charge is -2.23. The van der Waals surface area contributed by atoms with Crippen LogP contribution < -0.4 is 5.32 Å². The van der Waals surface area contributed by atoms with Crippen molar-refractivity contribution in [2.24, 2.45) is 15.0 Å². The molecule has 1 saturated heterocycles. The first-order chi connectivity index (χ1) is 11.9. The van der Waals surface area contributed by atoms with Gasteiger partial charge in [0.1, 0.15) is 6.10 Å². The highest BCUT2D eigenvalue weighted by atomic mass is 19.3. The first-order valence-corrected chi connectivity index (χ1v) is 7.73. The molecule has 0 radical (unpaired) electrons. The van der Waals surface area contributed by atoms with Gasteiger partial charge in [0, 0.05) is 20.6 Å². The van der Waals surface area contributed by atoms with E-state index in [1.54, 1.807) is 0 Å². The third kappa shape index (κ3) is 4.97. The van der Waals surface area contributed by atoms with Crippen LogP contribution in [0.2, 0.25) is 0 Å². The highest BCUT2D eigenvalue weighted by molar-refractivity contribution is 6.08. The highest BCUT2D eigenvalue weighted by Crippen LogP contribution is 2.17. The lowest BCUT2D eigenvalue weighted by molar-refractivity contribution is -0.142. The monoisotopic (exact) mass is 350 g/mol. The topological polar surface area (TPSA) is 64.8 Å². The fourth-order valence-electron chi connectivity index (χ4n) is 2.23. The number of amidine groups is 2. The van der Waals surface area contributed by atoms with Gasteiger partial charge in [-0.05, 0) is 18.7 Å². The first-order valence-electron chi connectivity index (χ1n) is 7.73. The molecule has 0 aromatic carbocycles. The quantitative estimate of drug-likeness (QED) is 0.470. The van der Waals surface area contributed by atoms with E-state index >= 15 is 0 Å². The molecule has 0 amide bonds. The summed E-state index contributed by atoms with van der Waals surface area (Å²) in [5, 5.41) is 6.97. The number of fused-ring (bicyclic) bond motifs is 1. The third-order valence-corrected chi connectivity index (χ3v) is 3.49. The second kappa shape index (κ2) is 8.53. The van der Waals surface area contributed by atoms with Crippen LogP contribution in [0.1, 0.15) is 13.8 Å². The Kier molecular flexibility index (Phi) is 6.42. The minimum atomic E-state index is -2.87. The summed E-state index contributed by atoms with van der Waals surface area (Å²) in [4.78, 5) is 12.6. The van der Waals surface area contributed by atoms with E-state index in [0.29, 0.717) is 12.4 Å². The number of halogens is 2. The zero-order valence-electron chi connectivity index (χ0n) is 14.5. The van der Waals surface area contributed by atoms with Crippen molar-refractivity contribution in [2.45, 2.75) is 26.6 Å². The molecule has 7 nitrogen and oxygen atoms in total. The summed E-state index contributed by atoms with van der Waals surface area (Å²) < 4.78 is 28.6. The van der Waals surface area contributed by atoms with Crippen LogP contribution in [0.25, 0.3) is 0 Å². The largest absolute Gasteiger partial charge is 0.346 e. The first kappa shape index (κ1) is 18.8. The Morgan fingerprint density at radius 1 is 1.56 bits per heavy atom. The van der Waals surface area contributed by atoms with Crippen molar-refractivity contribution >= 4 is 17.5 Å². The Labute approximate surface area is 145 Å². The molecule has 134 valence electrons. The number of hydrazine groups is 1. The van der Waals surface area contributed by atoms with Crippen LogP contribution in [0.15, 0.2) is 32.6 Å². The molecular weight excluding hydrogens is 330 g/mol. The Morgan fingerprint density at radius 2 is 2.32 bits per heavy atom. The van der Waals surface area contributed by atoms with E-state index in [-0.39, 0.29) is 5.84 Å². The summed E-state index contributed by atoms with van der Waals surface area (Å²) >= 11 is 0. The molecule has 25 heavy (non-hydrogen) atoms. The van der Waals surface area contributed by atoms with Crippen molar-refractivity contribution in [3.8, 4) is 11.8 Å². The maximum Gasteiger partial charge on any atom is 0.346 e. The molecule has 0 unspecified atom stereocenters. The number of alkyl halides is 2. The number of nitrogens with one attached hydrogen (secondary N) is 1. The van der Waals surface area contributed by atoms with Gasteiger partial charge in [0.05, 0.1) is 18.3 Å². The molecular formula is C16H20F2N6O. The minimum absolute atomic E-state index is 0.270. The Hall–Kier alpha value is -2.53. The molecule has 1 fully saturated rings. The molecule has 2 aliphatic rings. The number of ether oxygens (including phenoxy) is 1. The SMILES string of the molecule is CCN1CC2=C=NC=C(N/C(C#C[C@@H](C)OC(F)F)=N/C)N=C2N1C. The van der Waals surface area contributed by atoms with Crippen molar-refractivity contribution in [3.63, 3.8) is 0 Å². The van der Waals surface area contributed by atoms with Crippen molar-refractivity contribution in [1.29, 1.82) is 0 Å². The second-order valence-corrected chi connectivity index (χ2v) is 5.18. The van der Waals surface area contributed by atoms with Crippen molar-refractivity contribution < 1.29 is 13.5 Å². The Bertz CT molecular complexity index is 725. The Morgan fingerprint density at radius 3 is 2.96 bits per heavy atom. The van der Waals surface area contributed by atoms with Crippen molar-refractivity contribution in [3.05, 3.63) is 17.6 Å². The molecule has 0 saturated carbocycles. The van der Waals surface area contributed by atoms with Gasteiger partial charge in [0.25, 0.3) is 0 Å². The molecule has 0 aliphatic carbocycles. The maximum absolute atomic E-state index is 12.1. The normalized spacial score (nSPS) is 18.8. The van der Waals surface area contributed by atoms with Crippen LogP contribution in [0.3, 0.4) is 0 Å². The van der Waals surface area contributed by atoms with Gasteiger partial charge >= 0.3 is 6.61 Å². The maximum atomic E-state index is 12.1. The zero-order chi connectivity index (χ0) is 18.4.